The molecule has 2 N–H and O–H groups in total. The van der Waals surface area contributed by atoms with Crippen molar-refractivity contribution >= 4 is 11.9 Å². The highest BCUT2D eigenvalue weighted by Gasteiger charge is 2.42. The standard InChI is InChI=1S/C16H24N2O4.C2HF3O2/c1-20-6-4-17-16(19)8-14-7-12-9-18(11-15(12)22-14)10-13-3-2-5-21-13;3-2(4,5)1(6)7/h2-3,5,12,14-15H,4,6-11H2,1H3,(H,17,19);(H,6,7)/t12-,14-,15+;/m0./s1. The second kappa shape index (κ2) is 10.6. The van der Waals surface area contributed by atoms with E-state index in [9.17, 15) is 18.0 Å². The van der Waals surface area contributed by atoms with E-state index in [1.807, 2.05) is 12.1 Å². The van der Waals surface area contributed by atoms with Gasteiger partial charge in [-0.05, 0) is 18.6 Å². The Morgan fingerprint density at radius 1 is 1.38 bits per heavy atom. The molecule has 3 atom stereocenters. The van der Waals surface area contributed by atoms with Crippen LogP contribution in [0.5, 0.6) is 0 Å². The van der Waals surface area contributed by atoms with Gasteiger partial charge >= 0.3 is 12.1 Å². The van der Waals surface area contributed by atoms with Crippen molar-refractivity contribution in [2.45, 2.75) is 37.8 Å². The summed E-state index contributed by atoms with van der Waals surface area (Å²) in [5.74, 6) is -1.18. The van der Waals surface area contributed by atoms with Crippen LogP contribution < -0.4 is 5.32 Å². The molecule has 0 saturated carbocycles. The minimum absolute atomic E-state index is 0.0504. The number of methoxy groups -OCH3 is 1. The molecular formula is C18H25F3N2O6. The normalized spacial score (nSPS) is 23.9. The van der Waals surface area contributed by atoms with Crippen LogP contribution >= 0.6 is 0 Å². The van der Waals surface area contributed by atoms with Crippen LogP contribution in [0.3, 0.4) is 0 Å². The van der Waals surface area contributed by atoms with E-state index in [4.69, 9.17) is 23.8 Å². The number of halogens is 3. The average molecular weight is 422 g/mol. The maximum Gasteiger partial charge on any atom is 0.490 e. The number of carbonyl (C=O) groups is 2. The summed E-state index contributed by atoms with van der Waals surface area (Å²) in [4.78, 5) is 23.1. The first-order chi connectivity index (χ1) is 13.7. The van der Waals surface area contributed by atoms with Crippen molar-refractivity contribution in [3.05, 3.63) is 24.2 Å². The Labute approximate surface area is 165 Å². The highest BCUT2D eigenvalue weighted by molar-refractivity contribution is 5.76. The molecule has 0 aromatic carbocycles. The number of nitrogens with one attached hydrogen (secondary N) is 1. The van der Waals surface area contributed by atoms with Crippen molar-refractivity contribution in [1.29, 1.82) is 0 Å². The van der Waals surface area contributed by atoms with Crippen LogP contribution in [0.1, 0.15) is 18.6 Å². The monoisotopic (exact) mass is 422 g/mol. The predicted octanol–water partition coefficient (Wildman–Crippen LogP) is 1.65. The Morgan fingerprint density at radius 2 is 2.10 bits per heavy atom. The lowest BCUT2D eigenvalue weighted by molar-refractivity contribution is -0.192. The number of alkyl halides is 3. The first kappa shape index (κ1) is 23.2. The molecule has 0 radical (unpaired) electrons. The zero-order chi connectivity index (χ0) is 21.4. The Bertz CT molecular complexity index is 639. The number of aliphatic carboxylic acids is 1. The molecule has 3 rings (SSSR count). The van der Waals surface area contributed by atoms with Crippen molar-refractivity contribution in [3.63, 3.8) is 0 Å². The lowest BCUT2D eigenvalue weighted by atomic mass is 10.0. The van der Waals surface area contributed by atoms with Crippen molar-refractivity contribution < 1.29 is 41.8 Å². The van der Waals surface area contributed by atoms with Gasteiger partial charge in [-0.2, -0.15) is 13.2 Å². The molecule has 0 unspecified atom stereocenters. The van der Waals surface area contributed by atoms with Crippen LogP contribution in [0.15, 0.2) is 22.8 Å². The molecule has 2 saturated heterocycles. The van der Waals surface area contributed by atoms with E-state index in [0.717, 1.165) is 31.8 Å². The Balaban J connectivity index is 0.000000370. The molecule has 1 amide bonds. The zero-order valence-electron chi connectivity index (χ0n) is 16.0. The Morgan fingerprint density at radius 3 is 2.66 bits per heavy atom. The largest absolute Gasteiger partial charge is 0.490 e. The molecule has 1 aromatic rings. The fraction of sp³-hybridized carbons (Fsp3) is 0.667. The van der Waals surface area contributed by atoms with E-state index < -0.39 is 12.1 Å². The summed E-state index contributed by atoms with van der Waals surface area (Å²) in [6.45, 7) is 3.89. The number of amides is 1. The number of nitrogens with zero attached hydrogens (tertiary/aromatic N) is 1. The number of hydrogen-bond acceptors (Lipinski definition) is 6. The first-order valence-electron chi connectivity index (χ1n) is 9.15. The molecule has 11 heteroatoms. The topological polar surface area (TPSA) is 101 Å². The van der Waals surface area contributed by atoms with Crippen LogP contribution in [0.25, 0.3) is 0 Å². The van der Waals surface area contributed by atoms with Gasteiger partial charge in [0.1, 0.15) is 5.76 Å². The van der Waals surface area contributed by atoms with Crippen LogP contribution in [-0.2, 0) is 25.6 Å². The number of hydrogen-bond donors (Lipinski definition) is 2. The molecule has 29 heavy (non-hydrogen) atoms. The summed E-state index contributed by atoms with van der Waals surface area (Å²) in [7, 11) is 1.63. The molecule has 164 valence electrons. The molecule has 2 fully saturated rings. The third-order valence-corrected chi connectivity index (χ3v) is 4.63. The maximum absolute atomic E-state index is 11.8. The second-order valence-corrected chi connectivity index (χ2v) is 6.92. The summed E-state index contributed by atoms with van der Waals surface area (Å²) < 4.78 is 48.1. The summed E-state index contributed by atoms with van der Waals surface area (Å²) in [6, 6.07) is 3.92. The van der Waals surface area contributed by atoms with Gasteiger partial charge in [0.05, 0.1) is 38.0 Å². The zero-order valence-corrected chi connectivity index (χ0v) is 16.0. The third-order valence-electron chi connectivity index (χ3n) is 4.63. The number of furan rings is 1. The lowest BCUT2D eigenvalue weighted by Crippen LogP contribution is -2.31. The molecule has 3 heterocycles. The third kappa shape index (κ3) is 7.67. The van der Waals surface area contributed by atoms with Crippen molar-refractivity contribution in [2.24, 2.45) is 5.92 Å². The Hall–Kier alpha value is -2.11. The highest BCUT2D eigenvalue weighted by Crippen LogP contribution is 2.34. The molecule has 2 aliphatic rings. The lowest BCUT2D eigenvalue weighted by Gasteiger charge is -2.18. The van der Waals surface area contributed by atoms with E-state index in [1.54, 1.807) is 13.4 Å². The van der Waals surface area contributed by atoms with Gasteiger partial charge in [0.2, 0.25) is 5.91 Å². The van der Waals surface area contributed by atoms with Gasteiger partial charge < -0.3 is 24.3 Å². The maximum atomic E-state index is 11.8. The average Bonchev–Trinajstić information content (AvgIpc) is 3.32. The first-order valence-corrected chi connectivity index (χ1v) is 9.15. The van der Waals surface area contributed by atoms with E-state index >= 15 is 0 Å². The van der Waals surface area contributed by atoms with Crippen molar-refractivity contribution in [1.82, 2.24) is 10.2 Å². The fourth-order valence-corrected chi connectivity index (χ4v) is 3.40. The quantitative estimate of drug-likeness (QED) is 0.645. The number of carboxylic acid groups (broad SMARTS) is 1. The molecular weight excluding hydrogens is 397 g/mol. The summed E-state index contributed by atoms with van der Waals surface area (Å²) in [6.07, 6.45) is -1.64. The predicted molar refractivity (Wildman–Crippen MR) is 93.9 cm³/mol. The second-order valence-electron chi connectivity index (χ2n) is 6.92. The summed E-state index contributed by atoms with van der Waals surface area (Å²) in [5.41, 5.74) is 0. The number of carboxylic acids is 1. The molecule has 0 aliphatic carbocycles. The fourth-order valence-electron chi connectivity index (χ4n) is 3.40. The van der Waals surface area contributed by atoms with Crippen LogP contribution in [-0.4, -0.2) is 73.6 Å². The molecule has 1 aromatic heterocycles. The van der Waals surface area contributed by atoms with Crippen LogP contribution in [0.4, 0.5) is 13.2 Å². The van der Waals surface area contributed by atoms with Gasteiger partial charge in [-0.1, -0.05) is 0 Å². The van der Waals surface area contributed by atoms with Crippen LogP contribution in [0, 0.1) is 5.92 Å². The van der Waals surface area contributed by atoms with Gasteiger partial charge in [0, 0.05) is 32.7 Å². The van der Waals surface area contributed by atoms with Gasteiger partial charge in [-0.25, -0.2) is 4.79 Å². The molecule has 0 bridgehead atoms. The van der Waals surface area contributed by atoms with E-state index in [0.29, 0.717) is 25.5 Å². The molecule has 2 aliphatic heterocycles. The van der Waals surface area contributed by atoms with Crippen LogP contribution in [0.2, 0.25) is 0 Å². The van der Waals surface area contributed by atoms with Gasteiger partial charge in [0.15, 0.2) is 0 Å². The van der Waals surface area contributed by atoms with E-state index in [1.165, 1.54) is 0 Å². The van der Waals surface area contributed by atoms with E-state index in [-0.39, 0.29) is 18.1 Å². The van der Waals surface area contributed by atoms with Gasteiger partial charge in [-0.15, -0.1) is 0 Å². The minimum atomic E-state index is -5.08. The molecule has 8 nitrogen and oxygen atoms in total. The number of fused-ring (bicyclic) bond motifs is 1. The van der Waals surface area contributed by atoms with Gasteiger partial charge in [0.25, 0.3) is 0 Å². The highest BCUT2D eigenvalue weighted by atomic mass is 19.4. The summed E-state index contributed by atoms with van der Waals surface area (Å²) in [5, 5.41) is 9.97. The van der Waals surface area contributed by atoms with E-state index in [2.05, 4.69) is 10.2 Å². The Kier molecular flexibility index (Phi) is 8.47. The number of likely N-dealkylation sites (tertiary alicyclic amines) is 1. The van der Waals surface area contributed by atoms with Crippen molar-refractivity contribution in [3.8, 4) is 0 Å². The minimum Gasteiger partial charge on any atom is -0.475 e. The summed E-state index contributed by atoms with van der Waals surface area (Å²) >= 11 is 0. The molecule has 0 spiro atoms. The van der Waals surface area contributed by atoms with Crippen molar-refractivity contribution in [2.75, 3.05) is 33.4 Å². The SMILES string of the molecule is COCCNC(=O)C[C@@H]1C[C@H]2CN(Cc3ccco3)C[C@H]2O1.O=C(O)C(F)(F)F. The van der Waals surface area contributed by atoms with Gasteiger partial charge in [-0.3, -0.25) is 9.69 Å². The smallest absolute Gasteiger partial charge is 0.475 e. The number of ether oxygens (including phenoxy) is 2. The number of rotatable bonds is 7. The number of carbonyl (C=O) groups excluding carboxylic acids is 1.